The fourth-order valence-corrected chi connectivity index (χ4v) is 15.4. The number of fused-ring (bicyclic) bond motifs is 8. The Morgan fingerprint density at radius 3 is 1.58 bits per heavy atom. The summed E-state index contributed by atoms with van der Waals surface area (Å²) < 4.78 is 1.55. The minimum atomic E-state index is -1.69. The summed E-state index contributed by atoms with van der Waals surface area (Å²) in [5.41, 5.74) is 10.0. The van der Waals surface area contributed by atoms with Gasteiger partial charge in [0.1, 0.15) is 0 Å². The predicted octanol–water partition coefficient (Wildman–Crippen LogP) is 5.93. The van der Waals surface area contributed by atoms with Crippen LogP contribution in [-0.2, 0) is 23.2 Å². The Hall–Kier alpha value is -0.980. The Labute approximate surface area is 157 Å². The van der Waals surface area contributed by atoms with Gasteiger partial charge in [-0.3, -0.25) is 0 Å². The first-order valence-corrected chi connectivity index (χ1v) is 14.7. The van der Waals surface area contributed by atoms with Gasteiger partial charge in [-0.1, -0.05) is 0 Å². The van der Waals surface area contributed by atoms with Crippen LogP contribution in [0, 0.1) is 0 Å². The van der Waals surface area contributed by atoms with Crippen molar-refractivity contribution in [3.63, 3.8) is 0 Å². The van der Waals surface area contributed by atoms with E-state index in [0.717, 1.165) is 7.25 Å². The molecule has 2 aromatic rings. The molecule has 2 atom stereocenters. The molecule has 2 unspecified atom stereocenters. The molecule has 0 radical (unpaired) electrons. The third-order valence-electron chi connectivity index (χ3n) is 6.32. The molecular weight excluding hydrogens is 384 g/mol. The molecule has 118 valence electrons. The van der Waals surface area contributed by atoms with Crippen LogP contribution in [0.25, 0.3) is 10.4 Å². The molecule has 24 heavy (non-hydrogen) atoms. The van der Waals surface area contributed by atoms with Gasteiger partial charge < -0.3 is 0 Å². The molecule has 3 aliphatic rings. The second-order valence-electron chi connectivity index (χ2n) is 7.95. The van der Waals surface area contributed by atoms with Gasteiger partial charge in [0.05, 0.1) is 0 Å². The van der Waals surface area contributed by atoms with Crippen molar-refractivity contribution < 1.29 is 23.2 Å². The van der Waals surface area contributed by atoms with Crippen molar-refractivity contribution >= 4 is 18.5 Å². The molecule has 0 nitrogen and oxygen atoms in total. The van der Waals surface area contributed by atoms with Gasteiger partial charge in [-0.05, 0) is 0 Å². The quantitative estimate of drug-likeness (QED) is 0.477. The van der Waals surface area contributed by atoms with Crippen LogP contribution in [-0.4, -0.2) is 8.07 Å². The molecule has 0 amide bonds. The van der Waals surface area contributed by atoms with Gasteiger partial charge in [0.15, 0.2) is 0 Å². The topological polar surface area (TPSA) is 0 Å². The normalized spacial score (nSPS) is 25.8. The monoisotopic (exact) mass is 404 g/mol. The number of hydrogen-bond acceptors (Lipinski definition) is 0. The van der Waals surface area contributed by atoms with Crippen molar-refractivity contribution in [2.45, 2.75) is 34.2 Å². The van der Waals surface area contributed by atoms with Gasteiger partial charge in [-0.2, -0.15) is 0 Å². The Morgan fingerprint density at radius 2 is 1.12 bits per heavy atom. The number of hydrogen-bond donors (Lipinski definition) is 0. The third kappa shape index (κ3) is 1.77. The van der Waals surface area contributed by atoms with E-state index in [0.29, 0.717) is 0 Å². The van der Waals surface area contributed by atoms with Crippen LogP contribution in [0.2, 0.25) is 13.1 Å². The standard InChI is InChI=1S/C22H22Si.Zr/c1-15-13-17-9-5-7-11-19(17)21(15)23(3,4)22-16(2)14-18-10-6-8-12-20(18)22;/h5-14H,1-4H3;. The van der Waals surface area contributed by atoms with Crippen LogP contribution in [0.5, 0.6) is 0 Å². The average molecular weight is 406 g/mol. The molecule has 0 N–H and O–H groups in total. The second kappa shape index (κ2) is 5.02. The van der Waals surface area contributed by atoms with Crippen LogP contribution >= 0.6 is 0 Å². The zero-order valence-corrected chi connectivity index (χ0v) is 18.2. The van der Waals surface area contributed by atoms with Gasteiger partial charge in [0, 0.05) is 0 Å². The van der Waals surface area contributed by atoms with Crippen molar-refractivity contribution in [3.05, 3.63) is 81.9 Å². The fourth-order valence-electron chi connectivity index (χ4n) is 5.51. The number of rotatable bonds is 0. The molecule has 1 heterocycles. The maximum atomic E-state index is 2.60. The maximum absolute atomic E-state index is 2.60. The summed E-state index contributed by atoms with van der Waals surface area (Å²) in [6.45, 7) is 10.1. The molecular formula is C22H22SiZr. The van der Waals surface area contributed by atoms with E-state index in [1.807, 2.05) is 0 Å². The molecule has 0 saturated carbocycles. The van der Waals surface area contributed by atoms with Crippen molar-refractivity contribution in [3.8, 4) is 0 Å². The Balaban J connectivity index is 1.85. The molecule has 2 aromatic carbocycles. The van der Waals surface area contributed by atoms with Gasteiger partial charge in [0.25, 0.3) is 0 Å². The van der Waals surface area contributed by atoms with Crippen LogP contribution in [0.1, 0.15) is 43.4 Å². The summed E-state index contributed by atoms with van der Waals surface area (Å²) >= 11 is -0.635. The SMILES string of the molecule is CC1=C2c3ccccc3[CH]1[Zr][CH]1C(C)=C(c3ccccc31)[Si]2(C)C. The Bertz CT molecular complexity index is 872. The van der Waals surface area contributed by atoms with Crippen LogP contribution in [0.15, 0.2) is 59.7 Å². The summed E-state index contributed by atoms with van der Waals surface area (Å²) in [5.74, 6) is 0. The van der Waals surface area contributed by atoms with E-state index < -0.39 is 31.3 Å². The van der Waals surface area contributed by atoms with Gasteiger partial charge in [-0.25, -0.2) is 0 Å². The Kier molecular flexibility index (Phi) is 3.20. The van der Waals surface area contributed by atoms with Crippen molar-refractivity contribution in [2.75, 3.05) is 0 Å². The van der Waals surface area contributed by atoms with E-state index in [1.54, 1.807) is 43.8 Å². The zero-order valence-electron chi connectivity index (χ0n) is 14.8. The van der Waals surface area contributed by atoms with Gasteiger partial charge in [-0.15, -0.1) is 0 Å². The molecule has 0 fully saturated rings. The third-order valence-corrected chi connectivity index (χ3v) is 15.4. The van der Waals surface area contributed by atoms with E-state index in [4.69, 9.17) is 0 Å². The van der Waals surface area contributed by atoms with E-state index in [2.05, 4.69) is 75.5 Å². The summed E-state index contributed by atoms with van der Waals surface area (Å²) in [7, 11) is -1.69. The summed E-state index contributed by atoms with van der Waals surface area (Å²) in [5, 5.41) is 3.52. The predicted molar refractivity (Wildman–Crippen MR) is 101 cm³/mol. The van der Waals surface area contributed by atoms with Gasteiger partial charge in [0.2, 0.25) is 0 Å². The van der Waals surface area contributed by atoms with Gasteiger partial charge >= 0.3 is 158 Å². The van der Waals surface area contributed by atoms with Crippen molar-refractivity contribution in [1.29, 1.82) is 0 Å². The summed E-state index contributed by atoms with van der Waals surface area (Å²) in [6.07, 6.45) is 0. The minimum absolute atomic E-state index is 0.635. The molecule has 0 spiro atoms. The van der Waals surface area contributed by atoms with Crippen LogP contribution in [0.3, 0.4) is 0 Å². The number of benzene rings is 2. The van der Waals surface area contributed by atoms with E-state index in [-0.39, 0.29) is 0 Å². The molecule has 5 rings (SSSR count). The van der Waals surface area contributed by atoms with E-state index in [1.165, 1.54) is 0 Å². The van der Waals surface area contributed by atoms with Crippen molar-refractivity contribution in [2.24, 2.45) is 0 Å². The first kappa shape index (κ1) is 15.3. The molecule has 2 heteroatoms. The van der Waals surface area contributed by atoms with E-state index >= 15 is 0 Å². The summed E-state index contributed by atoms with van der Waals surface area (Å²) in [4.78, 5) is 0. The molecule has 4 bridgehead atoms. The average Bonchev–Trinajstić information content (AvgIpc) is 3.02. The van der Waals surface area contributed by atoms with Crippen LogP contribution in [0.4, 0.5) is 0 Å². The van der Waals surface area contributed by atoms with E-state index in [9.17, 15) is 0 Å². The summed E-state index contributed by atoms with van der Waals surface area (Å²) in [6, 6.07) is 18.7. The fraction of sp³-hybridized carbons (Fsp3) is 0.273. The first-order chi connectivity index (χ1) is 11.5. The van der Waals surface area contributed by atoms with Crippen molar-refractivity contribution in [1.82, 2.24) is 0 Å². The van der Waals surface area contributed by atoms with Crippen LogP contribution < -0.4 is 0 Å². The molecule has 0 saturated heterocycles. The zero-order chi connectivity index (χ0) is 16.6. The first-order valence-electron chi connectivity index (χ1n) is 8.89. The molecule has 0 aromatic heterocycles. The second-order valence-corrected chi connectivity index (χ2v) is 15.9. The molecule has 2 aliphatic carbocycles. The Morgan fingerprint density at radius 1 is 0.708 bits per heavy atom. The molecule has 1 aliphatic heterocycles. The number of allylic oxidation sites excluding steroid dienone is 2.